The molecule has 138 valence electrons. The van der Waals surface area contributed by atoms with Crippen LogP contribution in [0.3, 0.4) is 0 Å². The van der Waals surface area contributed by atoms with Crippen molar-refractivity contribution in [3.63, 3.8) is 0 Å². The number of aromatic nitrogens is 3. The number of carbonyl (C=O) groups is 1. The van der Waals surface area contributed by atoms with Gasteiger partial charge in [0.15, 0.2) is 0 Å². The zero-order chi connectivity index (χ0) is 18.6. The van der Waals surface area contributed by atoms with Gasteiger partial charge in [0.25, 0.3) is 0 Å². The zero-order valence-corrected chi connectivity index (χ0v) is 15.4. The molecule has 3 aromatic rings. The maximum atomic E-state index is 13.0. The summed E-state index contributed by atoms with van der Waals surface area (Å²) >= 11 is 1.46. The van der Waals surface area contributed by atoms with Gasteiger partial charge in [-0.15, -0.1) is 11.3 Å². The van der Waals surface area contributed by atoms with Crippen LogP contribution in [0, 0.1) is 5.82 Å². The summed E-state index contributed by atoms with van der Waals surface area (Å²) in [5, 5.41) is 2.68. The van der Waals surface area contributed by atoms with Gasteiger partial charge in [-0.25, -0.2) is 14.4 Å². The van der Waals surface area contributed by atoms with E-state index in [1.165, 1.54) is 23.5 Å². The highest BCUT2D eigenvalue weighted by atomic mass is 32.1. The van der Waals surface area contributed by atoms with Crippen molar-refractivity contribution in [1.29, 1.82) is 0 Å². The number of benzene rings is 1. The van der Waals surface area contributed by atoms with Crippen LogP contribution < -0.4 is 4.90 Å². The van der Waals surface area contributed by atoms with E-state index in [4.69, 9.17) is 0 Å². The summed E-state index contributed by atoms with van der Waals surface area (Å²) in [4.78, 5) is 29.5. The van der Waals surface area contributed by atoms with E-state index in [0.717, 1.165) is 35.2 Å². The molecule has 6 nitrogen and oxygen atoms in total. The Morgan fingerprint density at radius 1 is 1.11 bits per heavy atom. The predicted molar refractivity (Wildman–Crippen MR) is 102 cm³/mol. The summed E-state index contributed by atoms with van der Waals surface area (Å²) in [6.07, 6.45) is 5.35. The molecule has 4 rings (SSSR count). The van der Waals surface area contributed by atoms with Crippen molar-refractivity contribution in [2.75, 3.05) is 31.1 Å². The molecule has 1 aliphatic heterocycles. The molecule has 0 N–H and O–H groups in total. The van der Waals surface area contributed by atoms with Crippen LogP contribution in [-0.2, 0) is 11.2 Å². The third-order valence-corrected chi connectivity index (χ3v) is 5.35. The fraction of sp³-hybridized carbons (Fsp3) is 0.263. The van der Waals surface area contributed by atoms with Crippen LogP contribution in [0.4, 0.5) is 10.2 Å². The van der Waals surface area contributed by atoms with Crippen LogP contribution in [0.15, 0.2) is 48.2 Å². The summed E-state index contributed by atoms with van der Waals surface area (Å²) in [5.41, 5.74) is 1.62. The average Bonchev–Trinajstić information content (AvgIpc) is 3.18. The van der Waals surface area contributed by atoms with Crippen LogP contribution in [-0.4, -0.2) is 51.9 Å². The number of thiazole rings is 1. The summed E-state index contributed by atoms with van der Waals surface area (Å²) in [7, 11) is 0. The van der Waals surface area contributed by atoms with Crippen LogP contribution in [0.2, 0.25) is 0 Å². The van der Waals surface area contributed by atoms with Crippen molar-refractivity contribution < 1.29 is 9.18 Å². The van der Waals surface area contributed by atoms with E-state index in [1.54, 1.807) is 30.7 Å². The molecular formula is C19H18FN5OS. The number of hydrogen-bond donors (Lipinski definition) is 0. The van der Waals surface area contributed by atoms with E-state index in [0.29, 0.717) is 13.1 Å². The summed E-state index contributed by atoms with van der Waals surface area (Å²) in [5.74, 6) is 0.646. The van der Waals surface area contributed by atoms with Gasteiger partial charge in [0.05, 0.1) is 18.3 Å². The highest BCUT2D eigenvalue weighted by Crippen LogP contribution is 2.23. The fourth-order valence-corrected chi connectivity index (χ4v) is 3.82. The largest absolute Gasteiger partial charge is 0.352 e. The minimum Gasteiger partial charge on any atom is -0.352 e. The Kier molecular flexibility index (Phi) is 5.06. The molecule has 1 saturated heterocycles. The molecule has 1 amide bonds. The molecule has 0 saturated carbocycles. The first kappa shape index (κ1) is 17.5. The number of carbonyl (C=O) groups excluding carboxylic acids is 1. The topological polar surface area (TPSA) is 62.2 Å². The number of piperazine rings is 1. The van der Waals surface area contributed by atoms with Crippen molar-refractivity contribution in [3.05, 3.63) is 59.1 Å². The second kappa shape index (κ2) is 7.79. The standard InChI is InChI=1S/C19H18FN5OS/c20-15-3-1-14(2-4-15)16-13-27-18(23-16)11-19(26)25-9-7-24(8-10-25)17-12-21-5-6-22-17/h1-6,12-13H,7-11H2. The van der Waals surface area contributed by atoms with E-state index in [1.807, 2.05) is 10.3 Å². The Labute approximate surface area is 160 Å². The number of amides is 1. The maximum Gasteiger partial charge on any atom is 0.229 e. The van der Waals surface area contributed by atoms with Gasteiger partial charge in [-0.1, -0.05) is 0 Å². The van der Waals surface area contributed by atoms with E-state index >= 15 is 0 Å². The maximum absolute atomic E-state index is 13.0. The monoisotopic (exact) mass is 383 g/mol. The molecule has 8 heteroatoms. The van der Waals surface area contributed by atoms with Crippen LogP contribution in [0.1, 0.15) is 5.01 Å². The summed E-state index contributed by atoms with van der Waals surface area (Å²) < 4.78 is 13.0. The molecule has 1 aliphatic rings. The van der Waals surface area contributed by atoms with E-state index in [2.05, 4.69) is 19.9 Å². The van der Waals surface area contributed by atoms with Gasteiger partial charge < -0.3 is 9.80 Å². The Morgan fingerprint density at radius 2 is 1.89 bits per heavy atom. The number of hydrogen-bond acceptors (Lipinski definition) is 6. The molecule has 0 aliphatic carbocycles. The Bertz CT molecular complexity index is 907. The second-order valence-corrected chi connectivity index (χ2v) is 7.18. The third-order valence-electron chi connectivity index (χ3n) is 4.50. The zero-order valence-electron chi connectivity index (χ0n) is 14.6. The van der Waals surface area contributed by atoms with Crippen molar-refractivity contribution in [1.82, 2.24) is 19.9 Å². The average molecular weight is 383 g/mol. The Balaban J connectivity index is 1.34. The molecular weight excluding hydrogens is 365 g/mol. The molecule has 0 atom stereocenters. The molecule has 2 aromatic heterocycles. The van der Waals surface area contributed by atoms with Gasteiger partial charge in [0.2, 0.25) is 5.91 Å². The molecule has 0 unspecified atom stereocenters. The number of anilines is 1. The van der Waals surface area contributed by atoms with Gasteiger partial charge in [-0.3, -0.25) is 9.78 Å². The van der Waals surface area contributed by atoms with E-state index in [-0.39, 0.29) is 18.1 Å². The predicted octanol–water partition coefficient (Wildman–Crippen LogP) is 2.63. The highest BCUT2D eigenvalue weighted by molar-refractivity contribution is 7.10. The first-order valence-electron chi connectivity index (χ1n) is 8.68. The fourth-order valence-electron chi connectivity index (χ4n) is 3.03. The minimum atomic E-state index is -0.273. The smallest absolute Gasteiger partial charge is 0.229 e. The van der Waals surface area contributed by atoms with Gasteiger partial charge in [-0.2, -0.15) is 0 Å². The van der Waals surface area contributed by atoms with Gasteiger partial charge in [-0.05, 0) is 24.3 Å². The van der Waals surface area contributed by atoms with Crippen molar-refractivity contribution in [3.8, 4) is 11.3 Å². The molecule has 0 radical (unpaired) electrons. The van der Waals surface area contributed by atoms with Crippen LogP contribution in [0.5, 0.6) is 0 Å². The van der Waals surface area contributed by atoms with Crippen molar-refractivity contribution >= 4 is 23.1 Å². The van der Waals surface area contributed by atoms with E-state index < -0.39 is 0 Å². The lowest BCUT2D eigenvalue weighted by Gasteiger charge is -2.35. The van der Waals surface area contributed by atoms with Gasteiger partial charge >= 0.3 is 0 Å². The normalized spacial score (nSPS) is 14.4. The van der Waals surface area contributed by atoms with Crippen molar-refractivity contribution in [2.24, 2.45) is 0 Å². The second-order valence-electron chi connectivity index (χ2n) is 6.24. The molecule has 0 bridgehead atoms. The Hall–Kier alpha value is -2.87. The first-order chi connectivity index (χ1) is 13.2. The first-order valence-corrected chi connectivity index (χ1v) is 9.56. The van der Waals surface area contributed by atoms with Gasteiger partial charge in [0, 0.05) is 49.5 Å². The number of nitrogens with zero attached hydrogens (tertiary/aromatic N) is 5. The van der Waals surface area contributed by atoms with E-state index in [9.17, 15) is 9.18 Å². The molecule has 3 heterocycles. The molecule has 1 aromatic carbocycles. The molecule has 0 spiro atoms. The van der Waals surface area contributed by atoms with Crippen LogP contribution >= 0.6 is 11.3 Å². The number of halogens is 1. The number of rotatable bonds is 4. The quantitative estimate of drug-likeness (QED) is 0.693. The lowest BCUT2D eigenvalue weighted by molar-refractivity contribution is -0.130. The summed E-state index contributed by atoms with van der Waals surface area (Å²) in [6.45, 7) is 2.80. The minimum absolute atomic E-state index is 0.0776. The molecule has 27 heavy (non-hydrogen) atoms. The lowest BCUT2D eigenvalue weighted by atomic mass is 10.2. The van der Waals surface area contributed by atoms with Gasteiger partial charge in [0.1, 0.15) is 16.6 Å². The lowest BCUT2D eigenvalue weighted by Crippen LogP contribution is -2.49. The van der Waals surface area contributed by atoms with Crippen LogP contribution in [0.25, 0.3) is 11.3 Å². The Morgan fingerprint density at radius 3 is 2.59 bits per heavy atom. The summed E-state index contributed by atoms with van der Waals surface area (Å²) in [6, 6.07) is 6.22. The third kappa shape index (κ3) is 4.11. The SMILES string of the molecule is O=C(Cc1nc(-c2ccc(F)cc2)cs1)N1CCN(c2cnccn2)CC1. The van der Waals surface area contributed by atoms with Crippen molar-refractivity contribution in [2.45, 2.75) is 6.42 Å². The molecule has 1 fully saturated rings. The highest BCUT2D eigenvalue weighted by Gasteiger charge is 2.22.